The Morgan fingerprint density at radius 3 is 2.48 bits per heavy atom. The van der Waals surface area contributed by atoms with Gasteiger partial charge in [0.1, 0.15) is 11.6 Å². The predicted molar refractivity (Wildman–Crippen MR) is 117 cm³/mol. The molecular weight excluding hydrogens is 364 g/mol. The van der Waals surface area contributed by atoms with Crippen LogP contribution < -0.4 is 15.4 Å². The van der Waals surface area contributed by atoms with Crippen LogP contribution in [0.25, 0.3) is 11.3 Å². The summed E-state index contributed by atoms with van der Waals surface area (Å²) in [6.45, 7) is 4.73. The monoisotopic (exact) mass is 392 g/mol. The molecule has 0 bridgehead atoms. The van der Waals surface area contributed by atoms with Crippen LogP contribution in [-0.2, 0) is 6.54 Å². The molecule has 0 aliphatic rings. The van der Waals surface area contributed by atoms with E-state index in [0.717, 1.165) is 22.6 Å². The molecule has 0 spiro atoms. The molecule has 3 N–H and O–H groups in total. The van der Waals surface area contributed by atoms with Crippen molar-refractivity contribution in [2.45, 2.75) is 26.4 Å². The maximum atomic E-state index is 9.67. The number of aliphatic hydroxyl groups excluding tert-OH is 1. The van der Waals surface area contributed by atoms with Crippen molar-refractivity contribution in [3.05, 3.63) is 66.2 Å². The van der Waals surface area contributed by atoms with Crippen molar-refractivity contribution in [2.24, 2.45) is 5.92 Å². The average Bonchev–Trinajstić information content (AvgIpc) is 2.76. The van der Waals surface area contributed by atoms with Crippen LogP contribution in [0.4, 0.5) is 11.8 Å². The number of aliphatic hydroxyl groups is 1. The normalized spacial score (nSPS) is 11.9. The van der Waals surface area contributed by atoms with Gasteiger partial charge in [-0.3, -0.25) is 0 Å². The molecule has 6 heteroatoms. The number of anilines is 2. The van der Waals surface area contributed by atoms with Gasteiger partial charge in [0.05, 0.1) is 25.5 Å². The van der Waals surface area contributed by atoms with Crippen molar-refractivity contribution in [1.29, 1.82) is 0 Å². The van der Waals surface area contributed by atoms with Crippen LogP contribution in [0.15, 0.2) is 60.7 Å². The van der Waals surface area contributed by atoms with Gasteiger partial charge < -0.3 is 20.5 Å². The quantitative estimate of drug-likeness (QED) is 0.507. The van der Waals surface area contributed by atoms with Gasteiger partial charge in [-0.05, 0) is 23.6 Å². The zero-order valence-electron chi connectivity index (χ0n) is 17.1. The molecule has 0 saturated heterocycles. The van der Waals surface area contributed by atoms with Crippen LogP contribution in [0, 0.1) is 5.92 Å². The van der Waals surface area contributed by atoms with Crippen LogP contribution in [0.3, 0.4) is 0 Å². The van der Waals surface area contributed by atoms with Gasteiger partial charge in [-0.25, -0.2) is 4.98 Å². The highest BCUT2D eigenvalue weighted by molar-refractivity contribution is 5.64. The first-order valence-electron chi connectivity index (χ1n) is 9.77. The summed E-state index contributed by atoms with van der Waals surface area (Å²) in [6, 6.07) is 19.7. The fraction of sp³-hybridized carbons (Fsp3) is 0.304. The van der Waals surface area contributed by atoms with Gasteiger partial charge >= 0.3 is 0 Å². The molecule has 0 fully saturated rings. The minimum absolute atomic E-state index is 0.0170. The average molecular weight is 393 g/mol. The number of hydrogen-bond acceptors (Lipinski definition) is 6. The third-order valence-corrected chi connectivity index (χ3v) is 4.72. The third-order valence-electron chi connectivity index (χ3n) is 4.72. The number of nitrogens with zero attached hydrogens (tertiary/aromatic N) is 2. The smallest absolute Gasteiger partial charge is 0.225 e. The molecule has 0 amide bonds. The number of methoxy groups -OCH3 is 1. The maximum absolute atomic E-state index is 9.67. The molecule has 0 radical (unpaired) electrons. The van der Waals surface area contributed by atoms with Crippen molar-refractivity contribution in [3.63, 3.8) is 0 Å². The topological polar surface area (TPSA) is 79.3 Å². The molecule has 1 heterocycles. The highest BCUT2D eigenvalue weighted by atomic mass is 16.5. The van der Waals surface area contributed by atoms with E-state index in [9.17, 15) is 5.11 Å². The second-order valence-electron chi connectivity index (χ2n) is 7.21. The number of aromatic nitrogens is 2. The van der Waals surface area contributed by atoms with Crippen molar-refractivity contribution >= 4 is 11.8 Å². The maximum Gasteiger partial charge on any atom is 0.225 e. The van der Waals surface area contributed by atoms with E-state index in [-0.39, 0.29) is 18.6 Å². The van der Waals surface area contributed by atoms with E-state index in [0.29, 0.717) is 18.3 Å². The zero-order chi connectivity index (χ0) is 20.6. The van der Waals surface area contributed by atoms with Gasteiger partial charge in [-0.2, -0.15) is 4.98 Å². The number of rotatable bonds is 9. The van der Waals surface area contributed by atoms with E-state index in [4.69, 9.17) is 4.74 Å². The highest BCUT2D eigenvalue weighted by Crippen LogP contribution is 2.23. The lowest BCUT2D eigenvalue weighted by atomic mass is 10.1. The van der Waals surface area contributed by atoms with Crippen molar-refractivity contribution in [2.75, 3.05) is 24.4 Å². The van der Waals surface area contributed by atoms with E-state index in [1.807, 2.05) is 60.7 Å². The fourth-order valence-corrected chi connectivity index (χ4v) is 2.92. The van der Waals surface area contributed by atoms with E-state index < -0.39 is 0 Å². The van der Waals surface area contributed by atoms with E-state index in [1.165, 1.54) is 0 Å². The third kappa shape index (κ3) is 5.68. The van der Waals surface area contributed by atoms with Gasteiger partial charge in [0.15, 0.2) is 0 Å². The Hall–Kier alpha value is -3.12. The lowest BCUT2D eigenvalue weighted by Gasteiger charge is -2.20. The molecule has 0 saturated carbocycles. The Labute approximate surface area is 172 Å². The van der Waals surface area contributed by atoms with Crippen LogP contribution in [0.5, 0.6) is 5.75 Å². The van der Waals surface area contributed by atoms with E-state index in [2.05, 4.69) is 34.4 Å². The number of ether oxygens (including phenoxy) is 1. The minimum Gasteiger partial charge on any atom is -0.497 e. The molecule has 1 atom stereocenters. The highest BCUT2D eigenvalue weighted by Gasteiger charge is 2.15. The summed E-state index contributed by atoms with van der Waals surface area (Å²) in [5, 5.41) is 16.3. The standard InChI is InChI=1S/C23H28N4O2/c1-16(2)21(15-28)26-23-25-20(18-9-5-4-6-10-18)13-22(27-23)24-14-17-8-7-11-19(12-17)29-3/h4-13,16,21,28H,14-15H2,1-3H3,(H2,24,25,26,27)/t21-/m0/s1. The van der Waals surface area contributed by atoms with Gasteiger partial charge in [0.25, 0.3) is 0 Å². The summed E-state index contributed by atoms with van der Waals surface area (Å²) in [4.78, 5) is 9.27. The molecule has 29 heavy (non-hydrogen) atoms. The van der Waals surface area contributed by atoms with Crippen molar-refractivity contribution < 1.29 is 9.84 Å². The molecule has 152 valence electrons. The Morgan fingerprint density at radius 2 is 1.79 bits per heavy atom. The zero-order valence-corrected chi connectivity index (χ0v) is 17.1. The van der Waals surface area contributed by atoms with Gasteiger partial charge in [-0.15, -0.1) is 0 Å². The summed E-state index contributed by atoms with van der Waals surface area (Å²) in [5.41, 5.74) is 2.92. The molecule has 1 aromatic heterocycles. The molecule has 0 unspecified atom stereocenters. The van der Waals surface area contributed by atoms with Gasteiger partial charge in [0.2, 0.25) is 5.95 Å². The van der Waals surface area contributed by atoms with Crippen LogP contribution in [0.2, 0.25) is 0 Å². The molecular formula is C23H28N4O2. The van der Waals surface area contributed by atoms with Gasteiger partial charge in [-0.1, -0.05) is 56.3 Å². The van der Waals surface area contributed by atoms with Crippen molar-refractivity contribution in [1.82, 2.24) is 9.97 Å². The Balaban J connectivity index is 1.87. The minimum atomic E-state index is -0.118. The molecule has 3 aromatic rings. The summed E-state index contributed by atoms with van der Waals surface area (Å²) < 4.78 is 5.29. The Morgan fingerprint density at radius 1 is 1.00 bits per heavy atom. The SMILES string of the molecule is COc1cccc(CNc2cc(-c3ccccc3)nc(N[C@@H](CO)C(C)C)n2)c1. The first kappa shape index (κ1) is 20.6. The van der Waals surface area contributed by atoms with Gasteiger partial charge in [0, 0.05) is 18.2 Å². The largest absolute Gasteiger partial charge is 0.497 e. The molecule has 0 aliphatic carbocycles. The Bertz CT molecular complexity index is 916. The first-order chi connectivity index (χ1) is 14.1. The predicted octanol–water partition coefficient (Wildman–Crippen LogP) is 4.19. The molecule has 3 rings (SSSR count). The van der Waals surface area contributed by atoms with Crippen molar-refractivity contribution in [3.8, 4) is 17.0 Å². The number of hydrogen-bond donors (Lipinski definition) is 3. The molecule has 2 aromatic carbocycles. The Kier molecular flexibility index (Phi) is 7.03. The van der Waals surface area contributed by atoms with Crippen LogP contribution in [0.1, 0.15) is 19.4 Å². The van der Waals surface area contributed by atoms with Crippen LogP contribution >= 0.6 is 0 Å². The molecule has 0 aliphatic heterocycles. The summed E-state index contributed by atoms with van der Waals surface area (Å²) >= 11 is 0. The summed E-state index contributed by atoms with van der Waals surface area (Å²) in [6.07, 6.45) is 0. The summed E-state index contributed by atoms with van der Waals surface area (Å²) in [5.74, 6) is 2.27. The lowest BCUT2D eigenvalue weighted by Crippen LogP contribution is -2.30. The van der Waals surface area contributed by atoms with E-state index in [1.54, 1.807) is 7.11 Å². The fourth-order valence-electron chi connectivity index (χ4n) is 2.92. The second kappa shape index (κ2) is 9.89. The van der Waals surface area contributed by atoms with Crippen LogP contribution in [-0.4, -0.2) is 34.8 Å². The first-order valence-corrected chi connectivity index (χ1v) is 9.77. The molecule has 6 nitrogen and oxygen atoms in total. The second-order valence-corrected chi connectivity index (χ2v) is 7.21. The lowest BCUT2D eigenvalue weighted by molar-refractivity contribution is 0.248. The number of benzene rings is 2. The number of nitrogens with one attached hydrogen (secondary N) is 2. The van der Waals surface area contributed by atoms with E-state index >= 15 is 0 Å². The summed E-state index contributed by atoms with van der Waals surface area (Å²) in [7, 11) is 1.66.